The number of oxazole rings is 1. The number of likely N-dealkylation sites (tertiary alicyclic amines) is 1. The third-order valence-corrected chi connectivity index (χ3v) is 4.91. The molecule has 0 bridgehead atoms. The van der Waals surface area contributed by atoms with Gasteiger partial charge in [-0.25, -0.2) is 4.98 Å². The molecule has 1 atom stereocenters. The van der Waals surface area contributed by atoms with E-state index < -0.39 is 0 Å². The van der Waals surface area contributed by atoms with Gasteiger partial charge in [0, 0.05) is 31.2 Å². The molecule has 7 heteroatoms. The van der Waals surface area contributed by atoms with Gasteiger partial charge >= 0.3 is 0 Å². The van der Waals surface area contributed by atoms with E-state index >= 15 is 0 Å². The molecular weight excluding hydrogens is 352 g/mol. The number of carbonyl (C=O) groups excluding carboxylic acids is 1. The molecule has 0 aliphatic carbocycles. The molecular formula is C19H19ClN4O2. The van der Waals surface area contributed by atoms with E-state index in [-0.39, 0.29) is 11.9 Å². The molecule has 1 aromatic carbocycles. The van der Waals surface area contributed by atoms with Gasteiger partial charge in [0.15, 0.2) is 0 Å². The van der Waals surface area contributed by atoms with Crippen molar-refractivity contribution in [3.8, 4) is 0 Å². The first-order valence-electron chi connectivity index (χ1n) is 8.60. The fraction of sp³-hybridized carbons (Fsp3) is 0.316. The second-order valence-electron chi connectivity index (χ2n) is 6.47. The molecule has 3 heterocycles. The van der Waals surface area contributed by atoms with Crippen molar-refractivity contribution in [3.05, 3.63) is 70.7 Å². The van der Waals surface area contributed by atoms with Gasteiger partial charge in [-0.3, -0.25) is 9.48 Å². The van der Waals surface area contributed by atoms with Crippen LogP contribution in [0.15, 0.2) is 47.1 Å². The van der Waals surface area contributed by atoms with E-state index in [0.717, 1.165) is 24.2 Å². The van der Waals surface area contributed by atoms with E-state index in [2.05, 4.69) is 10.1 Å². The molecule has 134 valence electrons. The highest BCUT2D eigenvalue weighted by atomic mass is 35.5. The predicted octanol–water partition coefficient (Wildman–Crippen LogP) is 3.63. The zero-order chi connectivity index (χ0) is 18.1. The first kappa shape index (κ1) is 16.8. The number of hydrogen-bond acceptors (Lipinski definition) is 4. The Labute approximate surface area is 156 Å². The molecule has 1 saturated heterocycles. The molecule has 0 unspecified atom stereocenters. The molecule has 1 fully saturated rings. The molecule has 0 spiro atoms. The minimum absolute atomic E-state index is 0.0397. The van der Waals surface area contributed by atoms with Gasteiger partial charge in [0.1, 0.15) is 17.5 Å². The largest absolute Gasteiger partial charge is 0.443 e. The number of nitrogens with zero attached hydrogens (tertiary/aromatic N) is 4. The molecule has 0 radical (unpaired) electrons. The van der Waals surface area contributed by atoms with Gasteiger partial charge in [-0.2, -0.15) is 5.10 Å². The fourth-order valence-electron chi connectivity index (χ4n) is 3.40. The Morgan fingerprint density at radius 1 is 1.38 bits per heavy atom. The first-order chi connectivity index (χ1) is 12.6. The van der Waals surface area contributed by atoms with E-state index in [4.69, 9.17) is 16.0 Å². The summed E-state index contributed by atoms with van der Waals surface area (Å²) in [5, 5.41) is 4.78. The van der Waals surface area contributed by atoms with Gasteiger partial charge in [-0.1, -0.05) is 23.7 Å². The summed E-state index contributed by atoms with van der Waals surface area (Å²) in [7, 11) is 1.77. The van der Waals surface area contributed by atoms with Gasteiger partial charge in [0.05, 0.1) is 6.20 Å². The predicted molar refractivity (Wildman–Crippen MR) is 97.0 cm³/mol. The van der Waals surface area contributed by atoms with Crippen molar-refractivity contribution in [2.45, 2.75) is 25.3 Å². The first-order valence-corrected chi connectivity index (χ1v) is 8.97. The van der Waals surface area contributed by atoms with Crippen LogP contribution >= 0.6 is 11.6 Å². The molecule has 0 saturated carbocycles. The Bertz CT molecular complexity index is 933. The maximum absolute atomic E-state index is 12.8. The number of carbonyl (C=O) groups is 1. The van der Waals surface area contributed by atoms with Crippen LogP contribution in [0.4, 0.5) is 0 Å². The number of halogens is 1. The monoisotopic (exact) mass is 370 g/mol. The van der Waals surface area contributed by atoms with E-state index in [0.29, 0.717) is 29.6 Å². The lowest BCUT2D eigenvalue weighted by Crippen LogP contribution is -2.32. The third kappa shape index (κ3) is 3.24. The highest BCUT2D eigenvalue weighted by Gasteiger charge is 2.34. The zero-order valence-electron chi connectivity index (χ0n) is 14.4. The van der Waals surface area contributed by atoms with Gasteiger partial charge in [-0.05, 0) is 36.6 Å². The standard InChI is InChI=1S/C19H19ClN4O2/c1-23-17(7-8-22-23)19(25)24-9-3-6-16(24)18-21-12-15(26-18)11-13-4-2-5-14(20)10-13/h2,4-5,7-8,10,12,16H,3,6,9,11H2,1H3/t16-/m1/s1. The average molecular weight is 371 g/mol. The van der Waals surface area contributed by atoms with Crippen LogP contribution in [0.1, 0.15) is 46.6 Å². The smallest absolute Gasteiger partial charge is 0.272 e. The molecule has 0 N–H and O–H groups in total. The van der Waals surface area contributed by atoms with Crippen molar-refractivity contribution in [1.29, 1.82) is 0 Å². The summed E-state index contributed by atoms with van der Waals surface area (Å²) in [4.78, 5) is 19.1. The van der Waals surface area contributed by atoms with E-state index in [1.807, 2.05) is 29.2 Å². The van der Waals surface area contributed by atoms with Crippen LogP contribution in [-0.4, -0.2) is 32.1 Å². The van der Waals surface area contributed by atoms with Gasteiger partial charge in [-0.15, -0.1) is 0 Å². The third-order valence-electron chi connectivity index (χ3n) is 4.68. The quantitative estimate of drug-likeness (QED) is 0.703. The Hall–Kier alpha value is -2.60. The van der Waals surface area contributed by atoms with Crippen LogP contribution in [0.3, 0.4) is 0 Å². The van der Waals surface area contributed by atoms with Gasteiger partial charge < -0.3 is 9.32 Å². The maximum Gasteiger partial charge on any atom is 0.272 e. The van der Waals surface area contributed by atoms with Crippen molar-refractivity contribution in [1.82, 2.24) is 19.7 Å². The molecule has 6 nitrogen and oxygen atoms in total. The van der Waals surface area contributed by atoms with Crippen molar-refractivity contribution in [2.24, 2.45) is 7.05 Å². The normalized spacial score (nSPS) is 17.0. The minimum atomic E-state index is -0.134. The molecule has 26 heavy (non-hydrogen) atoms. The number of hydrogen-bond donors (Lipinski definition) is 0. The summed E-state index contributed by atoms with van der Waals surface area (Å²) in [6.45, 7) is 0.695. The molecule has 2 aromatic heterocycles. The molecule has 3 aromatic rings. The lowest BCUT2D eigenvalue weighted by Gasteiger charge is -2.22. The second-order valence-corrected chi connectivity index (χ2v) is 6.90. The molecule has 4 rings (SSSR count). The Balaban J connectivity index is 1.53. The number of aromatic nitrogens is 3. The van der Waals surface area contributed by atoms with E-state index in [1.54, 1.807) is 30.2 Å². The van der Waals surface area contributed by atoms with Crippen LogP contribution in [0.25, 0.3) is 0 Å². The summed E-state index contributed by atoms with van der Waals surface area (Å²) in [6, 6.07) is 9.28. The Morgan fingerprint density at radius 3 is 3.04 bits per heavy atom. The van der Waals surface area contributed by atoms with Gasteiger partial charge in [0.25, 0.3) is 5.91 Å². The van der Waals surface area contributed by atoms with Crippen molar-refractivity contribution >= 4 is 17.5 Å². The number of benzene rings is 1. The van der Waals surface area contributed by atoms with Crippen molar-refractivity contribution in [2.75, 3.05) is 6.54 Å². The fourth-order valence-corrected chi connectivity index (χ4v) is 3.62. The minimum Gasteiger partial charge on any atom is -0.443 e. The van der Waals surface area contributed by atoms with Crippen molar-refractivity contribution < 1.29 is 9.21 Å². The molecule has 1 amide bonds. The summed E-state index contributed by atoms with van der Waals surface area (Å²) in [5.41, 5.74) is 1.64. The SMILES string of the molecule is Cn1nccc1C(=O)N1CCC[C@@H]1c1ncc(Cc2cccc(Cl)c2)o1. The summed E-state index contributed by atoms with van der Waals surface area (Å²) in [5.74, 6) is 1.32. The van der Waals surface area contributed by atoms with Crippen LogP contribution < -0.4 is 0 Å². The highest BCUT2D eigenvalue weighted by Crippen LogP contribution is 2.33. The van der Waals surface area contributed by atoms with Crippen molar-refractivity contribution in [3.63, 3.8) is 0 Å². The summed E-state index contributed by atoms with van der Waals surface area (Å²) < 4.78 is 7.56. The average Bonchev–Trinajstić information content (AvgIpc) is 3.34. The lowest BCUT2D eigenvalue weighted by molar-refractivity contribution is 0.0703. The number of amides is 1. The summed E-state index contributed by atoms with van der Waals surface area (Å²) >= 11 is 6.04. The van der Waals surface area contributed by atoms with Crippen LogP contribution in [-0.2, 0) is 13.5 Å². The summed E-state index contributed by atoms with van der Waals surface area (Å²) in [6.07, 6.45) is 5.77. The van der Waals surface area contributed by atoms with Crippen LogP contribution in [0, 0.1) is 0 Å². The number of aryl methyl sites for hydroxylation is 1. The highest BCUT2D eigenvalue weighted by molar-refractivity contribution is 6.30. The van der Waals surface area contributed by atoms with Crippen LogP contribution in [0.2, 0.25) is 5.02 Å². The number of rotatable bonds is 4. The van der Waals surface area contributed by atoms with Gasteiger partial charge in [0.2, 0.25) is 5.89 Å². The molecule has 1 aliphatic heterocycles. The van der Waals surface area contributed by atoms with Crippen LogP contribution in [0.5, 0.6) is 0 Å². The lowest BCUT2D eigenvalue weighted by atomic mass is 10.1. The molecule has 1 aliphatic rings. The zero-order valence-corrected chi connectivity index (χ0v) is 15.2. The van der Waals surface area contributed by atoms with E-state index in [9.17, 15) is 4.79 Å². The Kier molecular flexibility index (Phi) is 4.51. The van der Waals surface area contributed by atoms with E-state index in [1.165, 1.54) is 0 Å². The topological polar surface area (TPSA) is 64.2 Å². The maximum atomic E-state index is 12.8. The second kappa shape index (κ2) is 6.96. The Morgan fingerprint density at radius 2 is 2.27 bits per heavy atom.